The third-order valence-electron chi connectivity index (χ3n) is 3.14. The van der Waals surface area contributed by atoms with Gasteiger partial charge in [-0.25, -0.2) is 0 Å². The molecule has 2 aromatic heterocycles. The molecule has 0 spiro atoms. The summed E-state index contributed by atoms with van der Waals surface area (Å²) in [4.78, 5) is 13.2. The quantitative estimate of drug-likeness (QED) is 0.647. The SMILES string of the molecule is C[C@@H](Sc1nnc(-c2cccs2)o1)C(=O)Nc1ccc(C#N)c(Cl)c1. The highest BCUT2D eigenvalue weighted by atomic mass is 35.5. The Morgan fingerprint density at radius 2 is 2.28 bits per heavy atom. The standard InChI is InChI=1S/C16H11ClN4O2S2/c1-9(14(22)19-11-5-4-10(8-18)12(17)7-11)25-16-21-20-15(23-16)13-3-2-6-24-13/h2-7,9H,1H3,(H,19,22)/t9-/m1/s1. The van der Waals surface area contributed by atoms with E-state index in [0.29, 0.717) is 22.4 Å². The Labute approximate surface area is 156 Å². The maximum Gasteiger partial charge on any atom is 0.277 e. The smallest absolute Gasteiger partial charge is 0.277 e. The summed E-state index contributed by atoms with van der Waals surface area (Å²) in [6.45, 7) is 1.74. The summed E-state index contributed by atoms with van der Waals surface area (Å²) in [7, 11) is 0. The topological polar surface area (TPSA) is 91.8 Å². The van der Waals surface area contributed by atoms with Gasteiger partial charge in [0.25, 0.3) is 11.1 Å². The van der Waals surface area contributed by atoms with E-state index in [9.17, 15) is 4.79 Å². The lowest BCUT2D eigenvalue weighted by Crippen LogP contribution is -2.22. The van der Waals surface area contributed by atoms with Crippen molar-refractivity contribution < 1.29 is 9.21 Å². The summed E-state index contributed by atoms with van der Waals surface area (Å²) < 4.78 is 5.56. The Bertz CT molecular complexity index is 934. The van der Waals surface area contributed by atoms with Gasteiger partial charge in [0.2, 0.25) is 5.91 Å². The minimum Gasteiger partial charge on any atom is -0.410 e. The first kappa shape index (κ1) is 17.5. The van der Waals surface area contributed by atoms with Gasteiger partial charge in [-0.15, -0.1) is 21.5 Å². The molecule has 0 radical (unpaired) electrons. The van der Waals surface area contributed by atoms with Crippen molar-refractivity contribution in [1.82, 2.24) is 10.2 Å². The Kier molecular flexibility index (Phi) is 5.38. The maximum absolute atomic E-state index is 12.3. The predicted octanol–water partition coefficient (Wildman–Crippen LogP) is 4.44. The van der Waals surface area contributed by atoms with Crippen LogP contribution in [0.2, 0.25) is 5.02 Å². The van der Waals surface area contributed by atoms with Crippen LogP contribution in [0.3, 0.4) is 0 Å². The minimum atomic E-state index is -0.453. The Hall–Kier alpha value is -2.34. The normalized spacial score (nSPS) is 11.7. The largest absolute Gasteiger partial charge is 0.410 e. The van der Waals surface area contributed by atoms with Gasteiger partial charge in [0.05, 0.1) is 20.7 Å². The number of carbonyl (C=O) groups excluding carboxylic acids is 1. The number of rotatable bonds is 5. The molecule has 1 amide bonds. The number of thioether (sulfide) groups is 1. The number of nitrogens with one attached hydrogen (secondary N) is 1. The molecular weight excluding hydrogens is 380 g/mol. The van der Waals surface area contributed by atoms with Crippen LogP contribution in [0.25, 0.3) is 10.8 Å². The molecule has 25 heavy (non-hydrogen) atoms. The maximum atomic E-state index is 12.3. The van der Waals surface area contributed by atoms with E-state index in [0.717, 1.165) is 4.88 Å². The van der Waals surface area contributed by atoms with Gasteiger partial charge in [-0.05, 0) is 36.6 Å². The van der Waals surface area contributed by atoms with Crippen molar-refractivity contribution in [3.63, 3.8) is 0 Å². The van der Waals surface area contributed by atoms with Crippen molar-refractivity contribution in [3.05, 3.63) is 46.3 Å². The highest BCUT2D eigenvalue weighted by Crippen LogP contribution is 2.29. The lowest BCUT2D eigenvalue weighted by molar-refractivity contribution is -0.115. The predicted molar refractivity (Wildman–Crippen MR) is 97.7 cm³/mol. The molecule has 0 aliphatic rings. The third-order valence-corrected chi connectivity index (χ3v) is 5.25. The van der Waals surface area contributed by atoms with E-state index >= 15 is 0 Å². The van der Waals surface area contributed by atoms with Crippen LogP contribution in [0.4, 0.5) is 5.69 Å². The molecular formula is C16H11ClN4O2S2. The first-order chi connectivity index (χ1) is 12.1. The van der Waals surface area contributed by atoms with E-state index < -0.39 is 5.25 Å². The molecule has 9 heteroatoms. The van der Waals surface area contributed by atoms with Gasteiger partial charge in [-0.2, -0.15) is 5.26 Å². The number of benzene rings is 1. The lowest BCUT2D eigenvalue weighted by Gasteiger charge is -2.10. The number of carbonyl (C=O) groups is 1. The Balaban J connectivity index is 1.63. The zero-order chi connectivity index (χ0) is 17.8. The average Bonchev–Trinajstić information content (AvgIpc) is 3.26. The number of halogens is 1. The monoisotopic (exact) mass is 390 g/mol. The second-order valence-corrected chi connectivity index (χ2v) is 7.55. The van der Waals surface area contributed by atoms with Crippen LogP contribution >= 0.6 is 34.7 Å². The summed E-state index contributed by atoms with van der Waals surface area (Å²) in [5.41, 5.74) is 0.875. The summed E-state index contributed by atoms with van der Waals surface area (Å²) in [5.74, 6) is 0.200. The molecule has 3 aromatic rings. The van der Waals surface area contributed by atoms with E-state index in [2.05, 4.69) is 15.5 Å². The van der Waals surface area contributed by atoms with E-state index in [-0.39, 0.29) is 10.9 Å². The fourth-order valence-corrected chi connectivity index (χ4v) is 3.44. The molecule has 0 unspecified atom stereocenters. The summed E-state index contributed by atoms with van der Waals surface area (Å²) in [6.07, 6.45) is 0. The van der Waals surface area contributed by atoms with Gasteiger partial charge in [0, 0.05) is 5.69 Å². The van der Waals surface area contributed by atoms with Gasteiger partial charge >= 0.3 is 0 Å². The lowest BCUT2D eigenvalue weighted by atomic mass is 10.2. The second-order valence-electron chi connectivity index (χ2n) is 4.91. The van der Waals surface area contributed by atoms with Crippen molar-refractivity contribution >= 4 is 46.3 Å². The van der Waals surface area contributed by atoms with Gasteiger partial charge < -0.3 is 9.73 Å². The van der Waals surface area contributed by atoms with Crippen LogP contribution in [0.5, 0.6) is 0 Å². The highest BCUT2D eigenvalue weighted by molar-refractivity contribution is 8.00. The highest BCUT2D eigenvalue weighted by Gasteiger charge is 2.19. The van der Waals surface area contributed by atoms with Gasteiger partial charge in [0.1, 0.15) is 6.07 Å². The van der Waals surface area contributed by atoms with Gasteiger partial charge in [0.15, 0.2) is 0 Å². The molecule has 1 atom stereocenters. The van der Waals surface area contributed by atoms with Crippen molar-refractivity contribution in [2.45, 2.75) is 17.4 Å². The second kappa shape index (κ2) is 7.70. The third kappa shape index (κ3) is 4.20. The van der Waals surface area contributed by atoms with Crippen LogP contribution < -0.4 is 5.32 Å². The van der Waals surface area contributed by atoms with Crippen molar-refractivity contribution in [1.29, 1.82) is 5.26 Å². The first-order valence-corrected chi connectivity index (χ1v) is 9.25. The molecule has 0 fully saturated rings. The summed E-state index contributed by atoms with van der Waals surface area (Å²) in [6, 6.07) is 10.5. The molecule has 6 nitrogen and oxygen atoms in total. The molecule has 3 rings (SSSR count). The Morgan fingerprint density at radius 3 is 2.96 bits per heavy atom. The fourth-order valence-electron chi connectivity index (χ4n) is 1.89. The number of anilines is 1. The van der Waals surface area contributed by atoms with E-state index in [1.807, 2.05) is 23.6 Å². The Morgan fingerprint density at radius 1 is 1.44 bits per heavy atom. The van der Waals surface area contributed by atoms with E-state index in [4.69, 9.17) is 21.3 Å². The van der Waals surface area contributed by atoms with E-state index in [1.165, 1.54) is 29.2 Å². The molecule has 1 N–H and O–H groups in total. The molecule has 0 saturated carbocycles. The van der Waals surface area contributed by atoms with Crippen LogP contribution in [0, 0.1) is 11.3 Å². The molecule has 1 aromatic carbocycles. The zero-order valence-corrected chi connectivity index (χ0v) is 15.3. The zero-order valence-electron chi connectivity index (χ0n) is 12.9. The fraction of sp³-hybridized carbons (Fsp3) is 0.125. The molecule has 2 heterocycles. The van der Waals surface area contributed by atoms with Crippen molar-refractivity contribution in [2.24, 2.45) is 0 Å². The molecule has 0 aliphatic carbocycles. The molecule has 0 saturated heterocycles. The molecule has 0 bridgehead atoms. The molecule has 0 aliphatic heterocycles. The minimum absolute atomic E-state index is 0.235. The van der Waals surface area contributed by atoms with Crippen LogP contribution in [0.1, 0.15) is 12.5 Å². The first-order valence-electron chi connectivity index (χ1n) is 7.11. The number of nitriles is 1. The van der Waals surface area contributed by atoms with Gasteiger partial charge in [-0.1, -0.05) is 29.4 Å². The summed E-state index contributed by atoms with van der Waals surface area (Å²) in [5, 5.41) is 21.6. The average molecular weight is 391 g/mol. The van der Waals surface area contributed by atoms with E-state index in [1.54, 1.807) is 19.1 Å². The summed E-state index contributed by atoms with van der Waals surface area (Å²) >= 11 is 8.63. The van der Waals surface area contributed by atoms with Gasteiger partial charge in [-0.3, -0.25) is 4.79 Å². The molecule has 126 valence electrons. The van der Waals surface area contributed by atoms with Crippen LogP contribution in [-0.4, -0.2) is 21.4 Å². The number of thiophene rings is 1. The number of nitrogens with zero attached hydrogens (tertiary/aromatic N) is 3. The number of aromatic nitrogens is 2. The van der Waals surface area contributed by atoms with Crippen LogP contribution in [0.15, 0.2) is 45.4 Å². The number of amides is 1. The van der Waals surface area contributed by atoms with Crippen molar-refractivity contribution in [3.8, 4) is 16.8 Å². The van der Waals surface area contributed by atoms with Crippen LogP contribution in [-0.2, 0) is 4.79 Å². The number of hydrogen-bond acceptors (Lipinski definition) is 7. The van der Waals surface area contributed by atoms with Crippen molar-refractivity contribution in [2.75, 3.05) is 5.32 Å². The number of hydrogen-bond donors (Lipinski definition) is 1.